The molecule has 0 amide bonds. The maximum atomic E-state index is 4.50. The van der Waals surface area contributed by atoms with E-state index in [0.717, 1.165) is 11.5 Å². The largest absolute Gasteiger partial charge is 0.367 e. The SMILES string of the molecule is Cc1cc(C)nc(NC(C)C2(C)CC2)c1. The number of aryl methyl sites for hydroxylation is 2. The highest BCUT2D eigenvalue weighted by atomic mass is 15.0. The van der Waals surface area contributed by atoms with E-state index in [4.69, 9.17) is 0 Å². The topological polar surface area (TPSA) is 24.9 Å². The summed E-state index contributed by atoms with van der Waals surface area (Å²) < 4.78 is 0. The molecule has 2 nitrogen and oxygen atoms in total. The van der Waals surface area contributed by atoms with Crippen LogP contribution in [0.15, 0.2) is 12.1 Å². The van der Waals surface area contributed by atoms with E-state index in [9.17, 15) is 0 Å². The van der Waals surface area contributed by atoms with Gasteiger partial charge in [0.2, 0.25) is 0 Å². The van der Waals surface area contributed by atoms with Gasteiger partial charge in [-0.15, -0.1) is 0 Å². The van der Waals surface area contributed by atoms with Crippen LogP contribution in [-0.4, -0.2) is 11.0 Å². The van der Waals surface area contributed by atoms with E-state index in [0.29, 0.717) is 11.5 Å². The molecule has 1 atom stereocenters. The van der Waals surface area contributed by atoms with Gasteiger partial charge in [0.25, 0.3) is 0 Å². The number of pyridine rings is 1. The normalized spacial score (nSPS) is 19.7. The number of aromatic nitrogens is 1. The van der Waals surface area contributed by atoms with Crippen molar-refractivity contribution in [2.45, 2.75) is 46.6 Å². The molecule has 1 saturated carbocycles. The summed E-state index contributed by atoms with van der Waals surface area (Å²) in [6, 6.07) is 4.75. The van der Waals surface area contributed by atoms with Crippen molar-refractivity contribution >= 4 is 5.82 Å². The van der Waals surface area contributed by atoms with Gasteiger partial charge >= 0.3 is 0 Å². The van der Waals surface area contributed by atoms with Crippen molar-refractivity contribution in [1.82, 2.24) is 4.98 Å². The van der Waals surface area contributed by atoms with Gasteiger partial charge in [-0.05, 0) is 56.7 Å². The Morgan fingerprint density at radius 3 is 2.53 bits per heavy atom. The molecule has 0 aromatic carbocycles. The van der Waals surface area contributed by atoms with E-state index in [1.807, 2.05) is 6.92 Å². The van der Waals surface area contributed by atoms with Crippen molar-refractivity contribution < 1.29 is 0 Å². The van der Waals surface area contributed by atoms with E-state index < -0.39 is 0 Å². The fourth-order valence-corrected chi connectivity index (χ4v) is 1.94. The van der Waals surface area contributed by atoms with Crippen LogP contribution in [0, 0.1) is 19.3 Å². The maximum absolute atomic E-state index is 4.50. The first-order valence-electron chi connectivity index (χ1n) is 5.71. The lowest BCUT2D eigenvalue weighted by atomic mass is 10.0. The van der Waals surface area contributed by atoms with Crippen LogP contribution in [0.3, 0.4) is 0 Å². The third-order valence-corrected chi connectivity index (χ3v) is 3.55. The Kier molecular flexibility index (Phi) is 2.45. The Balaban J connectivity index is 2.10. The quantitative estimate of drug-likeness (QED) is 0.817. The summed E-state index contributed by atoms with van der Waals surface area (Å²) in [7, 11) is 0. The maximum Gasteiger partial charge on any atom is 0.126 e. The van der Waals surface area contributed by atoms with Crippen LogP contribution in [0.5, 0.6) is 0 Å². The van der Waals surface area contributed by atoms with Crippen LogP contribution in [0.1, 0.15) is 37.9 Å². The molecule has 1 aromatic heterocycles. The molecule has 0 saturated heterocycles. The van der Waals surface area contributed by atoms with Crippen molar-refractivity contribution in [3.05, 3.63) is 23.4 Å². The Morgan fingerprint density at radius 2 is 2.00 bits per heavy atom. The van der Waals surface area contributed by atoms with Crippen LogP contribution in [-0.2, 0) is 0 Å². The average molecular weight is 204 g/mol. The standard InChI is InChI=1S/C13H20N2/c1-9-7-10(2)14-12(8-9)15-11(3)13(4)5-6-13/h7-8,11H,5-6H2,1-4H3,(H,14,15). The van der Waals surface area contributed by atoms with Gasteiger partial charge in [-0.3, -0.25) is 0 Å². The fraction of sp³-hybridized carbons (Fsp3) is 0.615. The Hall–Kier alpha value is -1.05. The van der Waals surface area contributed by atoms with Crippen molar-refractivity contribution in [2.75, 3.05) is 5.32 Å². The zero-order valence-corrected chi connectivity index (χ0v) is 10.1. The summed E-state index contributed by atoms with van der Waals surface area (Å²) in [4.78, 5) is 4.50. The molecule has 0 aliphatic heterocycles. The molecule has 2 rings (SSSR count). The second-order valence-corrected chi connectivity index (χ2v) is 5.19. The molecule has 1 aliphatic rings. The molecule has 0 bridgehead atoms. The molecule has 1 heterocycles. The Labute approximate surface area is 92.1 Å². The molecular weight excluding hydrogens is 184 g/mol. The van der Waals surface area contributed by atoms with Gasteiger partial charge in [-0.1, -0.05) is 6.92 Å². The first-order valence-corrected chi connectivity index (χ1v) is 5.71. The van der Waals surface area contributed by atoms with E-state index in [-0.39, 0.29) is 0 Å². The second-order valence-electron chi connectivity index (χ2n) is 5.19. The molecule has 15 heavy (non-hydrogen) atoms. The number of nitrogens with zero attached hydrogens (tertiary/aromatic N) is 1. The number of anilines is 1. The van der Waals surface area contributed by atoms with Crippen LogP contribution in [0.2, 0.25) is 0 Å². The zero-order valence-electron chi connectivity index (χ0n) is 10.1. The highest BCUT2D eigenvalue weighted by Gasteiger charge is 2.42. The van der Waals surface area contributed by atoms with Crippen LogP contribution in [0.4, 0.5) is 5.82 Å². The first kappa shape index (κ1) is 10.5. The van der Waals surface area contributed by atoms with Gasteiger partial charge in [-0.2, -0.15) is 0 Å². The summed E-state index contributed by atoms with van der Waals surface area (Å²) in [6.45, 7) is 8.75. The molecule has 1 aromatic rings. The molecule has 0 radical (unpaired) electrons. The monoisotopic (exact) mass is 204 g/mol. The number of nitrogens with one attached hydrogen (secondary N) is 1. The van der Waals surface area contributed by atoms with Gasteiger partial charge in [0.05, 0.1) is 0 Å². The molecular formula is C13H20N2. The van der Waals surface area contributed by atoms with Crippen LogP contribution in [0.25, 0.3) is 0 Å². The van der Waals surface area contributed by atoms with E-state index >= 15 is 0 Å². The van der Waals surface area contributed by atoms with Crippen molar-refractivity contribution in [3.63, 3.8) is 0 Å². The lowest BCUT2D eigenvalue weighted by Crippen LogP contribution is -2.25. The molecule has 1 unspecified atom stereocenters. The van der Waals surface area contributed by atoms with Gasteiger partial charge in [0.15, 0.2) is 0 Å². The van der Waals surface area contributed by atoms with Crippen molar-refractivity contribution in [3.8, 4) is 0 Å². The van der Waals surface area contributed by atoms with Gasteiger partial charge in [-0.25, -0.2) is 4.98 Å². The predicted octanol–water partition coefficient (Wildman–Crippen LogP) is 3.30. The van der Waals surface area contributed by atoms with Crippen LogP contribution >= 0.6 is 0 Å². The van der Waals surface area contributed by atoms with Crippen LogP contribution < -0.4 is 5.32 Å². The highest BCUT2D eigenvalue weighted by Crippen LogP contribution is 2.48. The Morgan fingerprint density at radius 1 is 1.33 bits per heavy atom. The summed E-state index contributed by atoms with van der Waals surface area (Å²) in [5, 5.41) is 3.51. The number of hydrogen-bond donors (Lipinski definition) is 1. The third kappa shape index (κ3) is 2.31. The molecule has 1 fully saturated rings. The molecule has 1 N–H and O–H groups in total. The summed E-state index contributed by atoms with van der Waals surface area (Å²) >= 11 is 0. The zero-order chi connectivity index (χ0) is 11.1. The van der Waals surface area contributed by atoms with Gasteiger partial charge < -0.3 is 5.32 Å². The van der Waals surface area contributed by atoms with Crippen molar-refractivity contribution in [2.24, 2.45) is 5.41 Å². The first-order chi connectivity index (χ1) is 6.99. The minimum atomic E-state index is 0.499. The smallest absolute Gasteiger partial charge is 0.126 e. The second kappa shape index (κ2) is 3.51. The summed E-state index contributed by atoms with van der Waals surface area (Å²) in [5.74, 6) is 1.02. The summed E-state index contributed by atoms with van der Waals surface area (Å²) in [5.41, 5.74) is 2.86. The molecule has 1 aliphatic carbocycles. The molecule has 0 spiro atoms. The Bertz CT molecular complexity index is 347. The van der Waals surface area contributed by atoms with E-state index in [1.165, 1.54) is 18.4 Å². The minimum Gasteiger partial charge on any atom is -0.367 e. The average Bonchev–Trinajstić information content (AvgIpc) is 2.83. The van der Waals surface area contributed by atoms with Crippen molar-refractivity contribution in [1.29, 1.82) is 0 Å². The van der Waals surface area contributed by atoms with Gasteiger partial charge in [0.1, 0.15) is 5.82 Å². The lowest BCUT2D eigenvalue weighted by Gasteiger charge is -2.21. The van der Waals surface area contributed by atoms with E-state index in [1.54, 1.807) is 0 Å². The highest BCUT2D eigenvalue weighted by molar-refractivity contribution is 5.40. The minimum absolute atomic E-state index is 0.499. The van der Waals surface area contributed by atoms with Gasteiger partial charge in [0, 0.05) is 11.7 Å². The lowest BCUT2D eigenvalue weighted by molar-refractivity contribution is 0.492. The summed E-state index contributed by atoms with van der Waals surface area (Å²) in [6.07, 6.45) is 2.68. The number of rotatable bonds is 3. The predicted molar refractivity (Wildman–Crippen MR) is 64.1 cm³/mol. The fourth-order valence-electron chi connectivity index (χ4n) is 1.94. The third-order valence-electron chi connectivity index (χ3n) is 3.55. The molecule has 2 heteroatoms. The number of hydrogen-bond acceptors (Lipinski definition) is 2. The molecule has 82 valence electrons. The van der Waals surface area contributed by atoms with E-state index in [2.05, 4.69) is 43.2 Å².